The lowest BCUT2D eigenvalue weighted by Gasteiger charge is -2.15. The molecule has 0 bridgehead atoms. The Morgan fingerprint density at radius 2 is 2.00 bits per heavy atom. The van der Waals surface area contributed by atoms with Crippen LogP contribution in [0.1, 0.15) is 19.4 Å². The molecule has 0 radical (unpaired) electrons. The summed E-state index contributed by atoms with van der Waals surface area (Å²) in [6.07, 6.45) is 1.05. The van der Waals surface area contributed by atoms with Gasteiger partial charge in [-0.1, -0.05) is 44.0 Å². The van der Waals surface area contributed by atoms with Crippen molar-refractivity contribution in [2.75, 3.05) is 0 Å². The average Bonchev–Trinajstić information content (AvgIpc) is 1.82. The first-order valence-corrected chi connectivity index (χ1v) is 5.49. The molecule has 0 unspecified atom stereocenters. The van der Waals surface area contributed by atoms with Gasteiger partial charge in [0.2, 0.25) is 0 Å². The van der Waals surface area contributed by atoms with Crippen molar-refractivity contribution < 1.29 is 0 Å². The Kier molecular flexibility index (Phi) is 3.36. The Labute approximate surface area is 90.6 Å². The Balaban J connectivity index is 2.77. The van der Waals surface area contributed by atoms with Crippen LogP contribution >= 0.6 is 31.9 Å². The van der Waals surface area contributed by atoms with Gasteiger partial charge >= 0.3 is 0 Å². The van der Waals surface area contributed by atoms with E-state index in [1.165, 1.54) is 5.56 Å². The van der Waals surface area contributed by atoms with Crippen molar-refractivity contribution in [1.82, 2.24) is 0 Å². The fourth-order valence-electron chi connectivity index (χ4n) is 1.13. The number of hydrogen-bond donors (Lipinski definition) is 0. The summed E-state index contributed by atoms with van der Waals surface area (Å²) in [4.78, 5) is 0. The molecule has 0 atom stereocenters. The normalized spacial score (nSPS) is 11.7. The van der Waals surface area contributed by atoms with Crippen LogP contribution in [0.5, 0.6) is 0 Å². The molecule has 0 aliphatic rings. The summed E-state index contributed by atoms with van der Waals surface area (Å²) in [6, 6.07) is 8.42. The van der Waals surface area contributed by atoms with Crippen LogP contribution in [0.25, 0.3) is 0 Å². The highest BCUT2D eigenvalue weighted by atomic mass is 79.9. The summed E-state index contributed by atoms with van der Waals surface area (Å²) in [5.74, 6) is 0. The van der Waals surface area contributed by atoms with Crippen molar-refractivity contribution in [2.45, 2.75) is 24.6 Å². The quantitative estimate of drug-likeness (QED) is 0.718. The van der Waals surface area contributed by atoms with Crippen molar-refractivity contribution in [3.8, 4) is 0 Å². The van der Waals surface area contributed by atoms with Crippen LogP contribution in [0, 0.1) is 0 Å². The monoisotopic (exact) mass is 290 g/mol. The third-order valence-corrected chi connectivity index (χ3v) is 2.29. The van der Waals surface area contributed by atoms with Gasteiger partial charge < -0.3 is 0 Å². The smallest absolute Gasteiger partial charge is 0.0242 e. The topological polar surface area (TPSA) is 0 Å². The molecule has 0 amide bonds. The standard InChI is InChI=1S/C10H12Br2/c1-10(2,12)7-8-4-3-5-9(11)6-8/h3-6H,7H2,1-2H3. The van der Waals surface area contributed by atoms with Gasteiger partial charge in [0.1, 0.15) is 0 Å². The van der Waals surface area contributed by atoms with Gasteiger partial charge in [-0.2, -0.15) is 0 Å². The summed E-state index contributed by atoms with van der Waals surface area (Å²) >= 11 is 7.08. The second-order valence-corrected chi connectivity index (χ2v) is 6.59. The van der Waals surface area contributed by atoms with Crippen molar-refractivity contribution in [2.24, 2.45) is 0 Å². The zero-order valence-electron chi connectivity index (χ0n) is 7.27. The van der Waals surface area contributed by atoms with Crippen LogP contribution in [0.3, 0.4) is 0 Å². The molecule has 0 saturated heterocycles. The van der Waals surface area contributed by atoms with E-state index in [0.29, 0.717) is 0 Å². The molecule has 1 aromatic carbocycles. The third-order valence-electron chi connectivity index (χ3n) is 1.51. The number of hydrogen-bond acceptors (Lipinski definition) is 0. The summed E-state index contributed by atoms with van der Waals surface area (Å²) in [7, 11) is 0. The van der Waals surface area contributed by atoms with Crippen LogP contribution in [0.4, 0.5) is 0 Å². The predicted octanol–water partition coefficient (Wildman–Crippen LogP) is 4.17. The molecule has 0 aliphatic heterocycles. The highest BCUT2D eigenvalue weighted by molar-refractivity contribution is 9.10. The van der Waals surface area contributed by atoms with E-state index in [-0.39, 0.29) is 4.32 Å². The fourth-order valence-corrected chi connectivity index (χ4v) is 1.90. The van der Waals surface area contributed by atoms with E-state index in [1.807, 2.05) is 6.07 Å². The minimum absolute atomic E-state index is 0.188. The summed E-state index contributed by atoms with van der Waals surface area (Å²) in [5, 5.41) is 0. The van der Waals surface area contributed by atoms with Crippen LogP contribution in [0.15, 0.2) is 28.7 Å². The number of alkyl halides is 1. The van der Waals surface area contributed by atoms with Crippen LogP contribution < -0.4 is 0 Å². The molecule has 12 heavy (non-hydrogen) atoms. The summed E-state index contributed by atoms with van der Waals surface area (Å²) < 4.78 is 1.34. The van der Waals surface area contributed by atoms with Crippen LogP contribution in [-0.2, 0) is 6.42 Å². The molecule has 1 rings (SSSR count). The van der Waals surface area contributed by atoms with Crippen LogP contribution in [-0.4, -0.2) is 4.32 Å². The number of benzene rings is 1. The summed E-state index contributed by atoms with van der Waals surface area (Å²) in [6.45, 7) is 4.35. The lowest BCUT2D eigenvalue weighted by molar-refractivity contribution is 0.724. The largest absolute Gasteiger partial charge is 0.0856 e. The lowest BCUT2D eigenvalue weighted by atomic mass is 10.0. The Morgan fingerprint density at radius 1 is 1.33 bits per heavy atom. The molecule has 2 heteroatoms. The van der Waals surface area contributed by atoms with Crippen molar-refractivity contribution in [1.29, 1.82) is 0 Å². The first-order valence-electron chi connectivity index (χ1n) is 3.91. The second-order valence-electron chi connectivity index (χ2n) is 3.53. The molecule has 1 aromatic rings. The third kappa shape index (κ3) is 3.72. The first kappa shape index (κ1) is 10.3. The first-order chi connectivity index (χ1) is 5.47. The fraction of sp³-hybridized carbons (Fsp3) is 0.400. The van der Waals surface area contributed by atoms with E-state index in [4.69, 9.17) is 0 Å². The molecule has 0 nitrogen and oxygen atoms in total. The van der Waals surface area contributed by atoms with E-state index in [9.17, 15) is 0 Å². The van der Waals surface area contributed by atoms with Crippen molar-refractivity contribution in [3.63, 3.8) is 0 Å². The maximum Gasteiger partial charge on any atom is 0.0242 e. The molecular weight excluding hydrogens is 280 g/mol. The van der Waals surface area contributed by atoms with Gasteiger partial charge in [-0.05, 0) is 38.0 Å². The molecular formula is C10H12Br2. The minimum atomic E-state index is 0.188. The van der Waals surface area contributed by atoms with Gasteiger partial charge in [0.15, 0.2) is 0 Å². The van der Waals surface area contributed by atoms with E-state index in [2.05, 4.69) is 63.9 Å². The number of halogens is 2. The molecule has 0 fully saturated rings. The molecule has 0 aliphatic carbocycles. The van der Waals surface area contributed by atoms with Gasteiger partial charge in [0, 0.05) is 8.80 Å². The van der Waals surface area contributed by atoms with Gasteiger partial charge in [-0.3, -0.25) is 0 Å². The van der Waals surface area contributed by atoms with Gasteiger partial charge in [0.25, 0.3) is 0 Å². The molecule has 66 valence electrons. The van der Waals surface area contributed by atoms with E-state index >= 15 is 0 Å². The SMILES string of the molecule is CC(C)(Br)Cc1cccc(Br)c1. The van der Waals surface area contributed by atoms with Crippen molar-refractivity contribution >= 4 is 31.9 Å². The van der Waals surface area contributed by atoms with Gasteiger partial charge in [-0.15, -0.1) is 0 Å². The average molecular weight is 292 g/mol. The highest BCUT2D eigenvalue weighted by Crippen LogP contribution is 2.23. The van der Waals surface area contributed by atoms with E-state index < -0.39 is 0 Å². The van der Waals surface area contributed by atoms with E-state index in [0.717, 1.165) is 10.9 Å². The number of rotatable bonds is 2. The van der Waals surface area contributed by atoms with Crippen LogP contribution in [0.2, 0.25) is 0 Å². The van der Waals surface area contributed by atoms with Crippen molar-refractivity contribution in [3.05, 3.63) is 34.3 Å². The van der Waals surface area contributed by atoms with Gasteiger partial charge in [-0.25, -0.2) is 0 Å². The maximum absolute atomic E-state index is 3.62. The second kappa shape index (κ2) is 3.93. The predicted molar refractivity (Wildman–Crippen MR) is 60.9 cm³/mol. The molecule has 0 saturated carbocycles. The molecule has 0 heterocycles. The summed E-state index contributed by atoms with van der Waals surface area (Å²) in [5.41, 5.74) is 1.35. The molecule has 0 spiro atoms. The molecule has 0 aromatic heterocycles. The lowest BCUT2D eigenvalue weighted by Crippen LogP contribution is -2.12. The molecule has 0 N–H and O–H groups in total. The Hall–Kier alpha value is 0.180. The van der Waals surface area contributed by atoms with Gasteiger partial charge in [0.05, 0.1) is 0 Å². The zero-order valence-corrected chi connectivity index (χ0v) is 10.4. The maximum atomic E-state index is 3.62. The zero-order chi connectivity index (χ0) is 9.19. The Bertz CT molecular complexity index is 261. The minimum Gasteiger partial charge on any atom is -0.0856 e. The highest BCUT2D eigenvalue weighted by Gasteiger charge is 2.12. The Morgan fingerprint density at radius 3 is 2.50 bits per heavy atom. The van der Waals surface area contributed by atoms with E-state index in [1.54, 1.807) is 0 Å².